The van der Waals surface area contributed by atoms with Crippen molar-refractivity contribution < 1.29 is 18.7 Å². The molecule has 2 N–H and O–H groups in total. The van der Waals surface area contributed by atoms with Gasteiger partial charge >= 0.3 is 0 Å². The van der Waals surface area contributed by atoms with Gasteiger partial charge in [-0.25, -0.2) is 8.78 Å². The van der Waals surface area contributed by atoms with Gasteiger partial charge in [0.2, 0.25) is 5.91 Å². The summed E-state index contributed by atoms with van der Waals surface area (Å²) in [6.07, 6.45) is -0.211. The van der Waals surface area contributed by atoms with Crippen molar-refractivity contribution in [3.05, 3.63) is 65.2 Å². The van der Waals surface area contributed by atoms with E-state index in [1.807, 2.05) is 31.2 Å². The van der Waals surface area contributed by atoms with Crippen molar-refractivity contribution in [1.82, 2.24) is 4.90 Å². The minimum Gasteiger partial charge on any atom is -0.387 e. The second-order valence-electron chi connectivity index (χ2n) is 5.94. The maximum absolute atomic E-state index is 13.2. The molecule has 134 valence electrons. The summed E-state index contributed by atoms with van der Waals surface area (Å²) in [4.78, 5) is 13.8. The molecular formula is C19H22F2N2O2. The third kappa shape index (κ3) is 5.34. The predicted molar refractivity (Wildman–Crippen MR) is 93.3 cm³/mol. The zero-order chi connectivity index (χ0) is 18.4. The number of amides is 1. The van der Waals surface area contributed by atoms with Crippen molar-refractivity contribution in [2.75, 3.05) is 25.5 Å². The molecule has 0 saturated heterocycles. The Kier molecular flexibility index (Phi) is 6.61. The zero-order valence-corrected chi connectivity index (χ0v) is 14.3. The van der Waals surface area contributed by atoms with E-state index in [1.54, 1.807) is 11.9 Å². The fraction of sp³-hybridized carbons (Fsp3) is 0.316. The number of hydrogen-bond donors (Lipinski definition) is 2. The molecule has 1 atom stereocenters. The van der Waals surface area contributed by atoms with Crippen molar-refractivity contribution in [2.24, 2.45) is 0 Å². The fourth-order valence-corrected chi connectivity index (χ4v) is 2.57. The molecule has 1 amide bonds. The first-order valence-electron chi connectivity index (χ1n) is 8.10. The lowest BCUT2D eigenvalue weighted by Gasteiger charge is -2.21. The Labute approximate surface area is 146 Å². The van der Waals surface area contributed by atoms with Gasteiger partial charge in [0.25, 0.3) is 0 Å². The van der Waals surface area contributed by atoms with Crippen LogP contribution in [0.2, 0.25) is 0 Å². The van der Waals surface area contributed by atoms with Crippen LogP contribution in [-0.2, 0) is 11.2 Å². The molecule has 0 aliphatic heterocycles. The van der Waals surface area contributed by atoms with Crippen LogP contribution >= 0.6 is 0 Å². The molecule has 25 heavy (non-hydrogen) atoms. The Bertz CT molecular complexity index is 737. The summed E-state index contributed by atoms with van der Waals surface area (Å²) in [7, 11) is 1.68. The predicted octanol–water partition coefficient (Wildman–Crippen LogP) is 3.13. The number of hydrogen-bond acceptors (Lipinski definition) is 3. The van der Waals surface area contributed by atoms with Gasteiger partial charge in [-0.15, -0.1) is 0 Å². The molecule has 0 saturated carbocycles. The highest BCUT2D eigenvalue weighted by Crippen LogP contribution is 2.18. The Morgan fingerprint density at radius 2 is 1.92 bits per heavy atom. The second kappa shape index (κ2) is 8.69. The van der Waals surface area contributed by atoms with E-state index in [0.717, 1.165) is 29.8 Å². The number of aryl methyl sites for hydroxylation is 1. The van der Waals surface area contributed by atoms with Gasteiger partial charge < -0.3 is 10.4 Å². The lowest BCUT2D eigenvalue weighted by Crippen LogP contribution is -2.33. The van der Waals surface area contributed by atoms with E-state index in [1.165, 1.54) is 6.07 Å². The highest BCUT2D eigenvalue weighted by atomic mass is 19.2. The number of nitrogens with zero attached hydrogens (tertiary/aromatic N) is 1. The lowest BCUT2D eigenvalue weighted by molar-refractivity contribution is -0.117. The topological polar surface area (TPSA) is 52.6 Å². The molecule has 0 radical (unpaired) electrons. The number of aliphatic hydroxyl groups excluding tert-OH is 1. The monoisotopic (exact) mass is 348 g/mol. The maximum Gasteiger partial charge on any atom is 0.238 e. The maximum atomic E-state index is 13.2. The second-order valence-corrected chi connectivity index (χ2v) is 5.94. The summed E-state index contributed by atoms with van der Waals surface area (Å²) in [5.41, 5.74) is 2.08. The number of benzene rings is 2. The normalized spacial score (nSPS) is 12.2. The van der Waals surface area contributed by atoms with Gasteiger partial charge in [0.1, 0.15) is 0 Å². The van der Waals surface area contributed by atoms with E-state index in [9.17, 15) is 18.7 Å². The Balaban J connectivity index is 1.91. The van der Waals surface area contributed by atoms with Crippen LogP contribution in [0, 0.1) is 11.6 Å². The molecule has 2 rings (SSSR count). The zero-order valence-electron chi connectivity index (χ0n) is 14.3. The largest absolute Gasteiger partial charge is 0.387 e. The number of nitrogens with one attached hydrogen (secondary N) is 1. The number of anilines is 1. The Morgan fingerprint density at radius 3 is 2.60 bits per heavy atom. The third-order valence-electron chi connectivity index (χ3n) is 3.90. The van der Waals surface area contributed by atoms with Crippen LogP contribution < -0.4 is 5.32 Å². The standard InChI is InChI=1S/C19H22F2N2O2/c1-3-13-6-4-5-7-17(13)22-19(25)12-23(2)11-18(24)14-8-9-15(20)16(21)10-14/h4-10,18,24H,3,11-12H2,1-2H3,(H,22,25). The van der Waals surface area contributed by atoms with Crippen LogP contribution in [0.1, 0.15) is 24.2 Å². The van der Waals surface area contributed by atoms with E-state index in [-0.39, 0.29) is 24.6 Å². The van der Waals surface area contributed by atoms with Gasteiger partial charge in [-0.2, -0.15) is 0 Å². The average molecular weight is 348 g/mol. The number of aliphatic hydroxyl groups is 1. The number of para-hydroxylation sites is 1. The summed E-state index contributed by atoms with van der Waals surface area (Å²) in [5, 5.41) is 13.0. The molecule has 0 spiro atoms. The minimum atomic E-state index is -1.02. The van der Waals surface area contributed by atoms with Gasteiger partial charge in [0.15, 0.2) is 11.6 Å². The summed E-state index contributed by atoms with van der Waals surface area (Å²) in [6.45, 7) is 2.20. The molecule has 0 aromatic heterocycles. The molecule has 4 nitrogen and oxygen atoms in total. The van der Waals surface area contributed by atoms with Crippen LogP contribution in [0.15, 0.2) is 42.5 Å². The van der Waals surface area contributed by atoms with Crippen molar-refractivity contribution in [1.29, 1.82) is 0 Å². The number of carbonyl (C=O) groups excluding carboxylic acids is 1. The minimum absolute atomic E-state index is 0.0682. The van der Waals surface area contributed by atoms with E-state index >= 15 is 0 Å². The molecule has 6 heteroatoms. The first kappa shape index (κ1) is 19.0. The molecule has 0 heterocycles. The number of likely N-dealkylation sites (N-methyl/N-ethyl adjacent to an activating group) is 1. The van der Waals surface area contributed by atoms with Crippen LogP contribution in [0.4, 0.5) is 14.5 Å². The van der Waals surface area contributed by atoms with Gasteiger partial charge in [0, 0.05) is 12.2 Å². The quantitative estimate of drug-likeness (QED) is 0.808. The van der Waals surface area contributed by atoms with Crippen LogP contribution in [0.3, 0.4) is 0 Å². The number of halogens is 2. The summed E-state index contributed by atoms with van der Waals surface area (Å²) in [6, 6.07) is 10.8. The summed E-state index contributed by atoms with van der Waals surface area (Å²) in [5.74, 6) is -2.17. The van der Waals surface area contributed by atoms with Crippen molar-refractivity contribution in [3.8, 4) is 0 Å². The first-order chi connectivity index (χ1) is 11.9. The number of rotatable bonds is 7. The highest BCUT2D eigenvalue weighted by molar-refractivity contribution is 5.92. The van der Waals surface area contributed by atoms with Crippen molar-refractivity contribution in [3.63, 3.8) is 0 Å². The molecule has 2 aromatic rings. The van der Waals surface area contributed by atoms with Gasteiger partial charge in [-0.1, -0.05) is 31.2 Å². The lowest BCUT2D eigenvalue weighted by atomic mass is 10.1. The average Bonchev–Trinajstić information content (AvgIpc) is 2.57. The third-order valence-corrected chi connectivity index (χ3v) is 3.90. The first-order valence-corrected chi connectivity index (χ1v) is 8.10. The summed E-state index contributed by atoms with van der Waals surface area (Å²) >= 11 is 0. The molecule has 0 fully saturated rings. The molecule has 0 aliphatic carbocycles. The van der Waals surface area contributed by atoms with Gasteiger partial charge in [0.05, 0.1) is 12.6 Å². The van der Waals surface area contributed by atoms with E-state index in [0.29, 0.717) is 0 Å². The van der Waals surface area contributed by atoms with Crippen LogP contribution in [-0.4, -0.2) is 36.1 Å². The van der Waals surface area contributed by atoms with Crippen molar-refractivity contribution >= 4 is 11.6 Å². The molecule has 0 aliphatic rings. The molecule has 0 bridgehead atoms. The van der Waals surface area contributed by atoms with Gasteiger partial charge in [-0.3, -0.25) is 9.69 Å². The van der Waals surface area contributed by atoms with Crippen molar-refractivity contribution in [2.45, 2.75) is 19.4 Å². The van der Waals surface area contributed by atoms with Crippen LogP contribution in [0.5, 0.6) is 0 Å². The van der Waals surface area contributed by atoms with Crippen LogP contribution in [0.25, 0.3) is 0 Å². The van der Waals surface area contributed by atoms with E-state index < -0.39 is 17.7 Å². The summed E-state index contributed by atoms with van der Waals surface area (Å²) < 4.78 is 26.2. The SMILES string of the molecule is CCc1ccccc1NC(=O)CN(C)CC(O)c1ccc(F)c(F)c1. The highest BCUT2D eigenvalue weighted by Gasteiger charge is 2.15. The van der Waals surface area contributed by atoms with Gasteiger partial charge in [-0.05, 0) is 42.8 Å². The molecule has 2 aromatic carbocycles. The Hall–Kier alpha value is -2.31. The van der Waals surface area contributed by atoms with E-state index in [4.69, 9.17) is 0 Å². The van der Waals surface area contributed by atoms with E-state index in [2.05, 4.69) is 5.32 Å². The fourth-order valence-electron chi connectivity index (χ4n) is 2.57. The molecule has 1 unspecified atom stereocenters. The smallest absolute Gasteiger partial charge is 0.238 e. The number of carbonyl (C=O) groups is 1. The Morgan fingerprint density at radius 1 is 1.20 bits per heavy atom. The molecular weight excluding hydrogens is 326 g/mol.